The Balaban J connectivity index is 1.73. The number of hydrogen-bond donors (Lipinski definition) is 0. The second-order valence-corrected chi connectivity index (χ2v) is 9.06. The summed E-state index contributed by atoms with van der Waals surface area (Å²) in [6.07, 6.45) is 0.477. The van der Waals surface area contributed by atoms with Crippen LogP contribution in [0.15, 0.2) is 24.3 Å². The number of ketones is 1. The average Bonchev–Trinajstić information content (AvgIpc) is 3.10. The Kier molecular flexibility index (Phi) is 5.38. The Morgan fingerprint density at radius 2 is 1.89 bits per heavy atom. The second-order valence-electron chi connectivity index (χ2n) is 6.84. The molecule has 9 heteroatoms. The van der Waals surface area contributed by atoms with Crippen LogP contribution in [0.4, 0.5) is 8.78 Å². The Hall–Kier alpha value is -2.55. The summed E-state index contributed by atoms with van der Waals surface area (Å²) in [7, 11) is -3.08. The van der Waals surface area contributed by atoms with Gasteiger partial charge in [-0.1, -0.05) is 0 Å². The van der Waals surface area contributed by atoms with E-state index in [4.69, 9.17) is 4.74 Å². The maximum Gasteiger partial charge on any atom is 0.341 e. The van der Waals surface area contributed by atoms with E-state index < -0.39 is 45.4 Å². The highest BCUT2D eigenvalue weighted by molar-refractivity contribution is 7.91. The Morgan fingerprint density at radius 1 is 1.18 bits per heavy atom. The monoisotopic (exact) mass is 411 g/mol. The number of sulfone groups is 1. The molecular weight excluding hydrogens is 392 g/mol. The fourth-order valence-corrected chi connectivity index (χ4v) is 5.24. The number of nitrogens with zero attached hydrogens (tertiary/aromatic N) is 1. The molecule has 1 atom stereocenters. The van der Waals surface area contributed by atoms with Gasteiger partial charge >= 0.3 is 5.97 Å². The van der Waals surface area contributed by atoms with Crippen molar-refractivity contribution in [3.05, 3.63) is 58.4 Å². The summed E-state index contributed by atoms with van der Waals surface area (Å²) in [4.78, 5) is 24.4. The first-order valence-corrected chi connectivity index (χ1v) is 10.5. The Labute approximate surface area is 161 Å². The molecule has 6 nitrogen and oxygen atoms in total. The van der Waals surface area contributed by atoms with Crippen LogP contribution in [-0.4, -0.2) is 42.9 Å². The average molecular weight is 411 g/mol. The van der Waals surface area contributed by atoms with Crippen LogP contribution < -0.4 is 0 Å². The molecule has 0 aliphatic carbocycles. The summed E-state index contributed by atoms with van der Waals surface area (Å²) in [5.74, 6) is -3.32. The first kappa shape index (κ1) is 20.2. The lowest BCUT2D eigenvalue weighted by Crippen LogP contribution is -2.17. The van der Waals surface area contributed by atoms with Crippen molar-refractivity contribution in [2.45, 2.75) is 26.3 Å². The number of benzene rings is 1. The van der Waals surface area contributed by atoms with Gasteiger partial charge in [-0.25, -0.2) is 22.0 Å². The first-order valence-electron chi connectivity index (χ1n) is 8.63. The fraction of sp³-hybridized carbons (Fsp3) is 0.368. The van der Waals surface area contributed by atoms with Gasteiger partial charge in [-0.2, -0.15) is 0 Å². The fourth-order valence-electron chi connectivity index (χ4n) is 3.54. The first-order chi connectivity index (χ1) is 13.1. The van der Waals surface area contributed by atoms with E-state index in [9.17, 15) is 26.8 Å². The second kappa shape index (κ2) is 7.46. The minimum Gasteiger partial charge on any atom is -0.454 e. The minimum absolute atomic E-state index is 0.0236. The van der Waals surface area contributed by atoms with E-state index in [1.165, 1.54) is 0 Å². The molecule has 0 saturated carbocycles. The van der Waals surface area contributed by atoms with Crippen LogP contribution in [-0.2, 0) is 14.6 Å². The van der Waals surface area contributed by atoms with Gasteiger partial charge in [0, 0.05) is 29.1 Å². The van der Waals surface area contributed by atoms with Gasteiger partial charge in [-0.15, -0.1) is 0 Å². The molecule has 1 aliphatic rings. The summed E-state index contributed by atoms with van der Waals surface area (Å²) >= 11 is 0. The van der Waals surface area contributed by atoms with E-state index in [2.05, 4.69) is 0 Å². The third-order valence-corrected chi connectivity index (χ3v) is 6.59. The minimum atomic E-state index is -3.08. The predicted octanol–water partition coefficient (Wildman–Crippen LogP) is 2.78. The number of hydrogen-bond acceptors (Lipinski definition) is 5. The van der Waals surface area contributed by atoms with Crippen LogP contribution in [0.5, 0.6) is 0 Å². The Bertz CT molecular complexity index is 1060. The van der Waals surface area contributed by atoms with Crippen molar-refractivity contribution in [3.63, 3.8) is 0 Å². The van der Waals surface area contributed by atoms with Crippen molar-refractivity contribution < 1.29 is 31.5 Å². The van der Waals surface area contributed by atoms with Crippen LogP contribution in [0, 0.1) is 25.5 Å². The number of esters is 1. The van der Waals surface area contributed by atoms with Crippen molar-refractivity contribution in [3.8, 4) is 0 Å². The maximum absolute atomic E-state index is 13.6. The van der Waals surface area contributed by atoms with Crippen molar-refractivity contribution in [1.29, 1.82) is 0 Å². The molecule has 0 radical (unpaired) electrons. The van der Waals surface area contributed by atoms with E-state index in [0.717, 1.165) is 17.8 Å². The molecule has 28 heavy (non-hydrogen) atoms. The molecule has 2 aromatic rings. The maximum atomic E-state index is 13.6. The number of ether oxygens (including phenoxy) is 1. The Morgan fingerprint density at radius 3 is 2.50 bits per heavy atom. The van der Waals surface area contributed by atoms with Crippen LogP contribution in [0.2, 0.25) is 0 Å². The summed E-state index contributed by atoms with van der Waals surface area (Å²) in [5.41, 5.74) is 1.18. The van der Waals surface area contributed by atoms with Gasteiger partial charge in [0.05, 0.1) is 17.1 Å². The highest BCUT2D eigenvalue weighted by Crippen LogP contribution is 2.29. The van der Waals surface area contributed by atoms with Crippen LogP contribution >= 0.6 is 0 Å². The molecule has 1 saturated heterocycles. The summed E-state index contributed by atoms with van der Waals surface area (Å²) < 4.78 is 56.7. The molecule has 3 rings (SSSR count). The van der Waals surface area contributed by atoms with Gasteiger partial charge in [-0.3, -0.25) is 4.79 Å². The number of carbonyl (C=O) groups excluding carboxylic acids is 2. The molecule has 1 fully saturated rings. The SMILES string of the molecule is Cc1cc(C(=O)COC(=O)c2ccc(F)cc2F)c(C)n1[C@H]1CCS(=O)(=O)C1. The third-order valence-electron chi connectivity index (χ3n) is 4.84. The van der Waals surface area contributed by atoms with Crippen molar-refractivity contribution in [1.82, 2.24) is 4.57 Å². The highest BCUT2D eigenvalue weighted by atomic mass is 32.2. The van der Waals surface area contributed by atoms with Gasteiger partial charge in [0.25, 0.3) is 0 Å². The molecule has 1 aromatic heterocycles. The lowest BCUT2D eigenvalue weighted by atomic mass is 10.1. The number of aromatic nitrogens is 1. The molecule has 0 N–H and O–H groups in total. The summed E-state index contributed by atoms with van der Waals surface area (Å²) in [5, 5.41) is 0. The number of carbonyl (C=O) groups is 2. The zero-order valence-corrected chi connectivity index (χ0v) is 16.2. The molecule has 1 aliphatic heterocycles. The largest absolute Gasteiger partial charge is 0.454 e. The molecule has 2 heterocycles. The van der Waals surface area contributed by atoms with E-state index in [1.807, 2.05) is 4.57 Å². The molecule has 1 aromatic carbocycles. The predicted molar refractivity (Wildman–Crippen MR) is 97.2 cm³/mol. The van der Waals surface area contributed by atoms with Crippen molar-refractivity contribution in [2.24, 2.45) is 0 Å². The molecular formula is C19H19F2NO5S. The van der Waals surface area contributed by atoms with E-state index in [-0.39, 0.29) is 17.5 Å². The zero-order valence-electron chi connectivity index (χ0n) is 15.4. The lowest BCUT2D eigenvalue weighted by Gasteiger charge is -2.16. The quantitative estimate of drug-likeness (QED) is 0.558. The van der Waals surface area contributed by atoms with Gasteiger partial charge in [0.15, 0.2) is 16.4 Å². The normalized spacial score (nSPS) is 18.2. The number of Topliss-reactive ketones (excluding diaryl/α,β-unsaturated/α-hetero) is 1. The van der Waals surface area contributed by atoms with E-state index in [1.54, 1.807) is 19.9 Å². The van der Waals surface area contributed by atoms with Crippen molar-refractivity contribution >= 4 is 21.6 Å². The smallest absolute Gasteiger partial charge is 0.341 e. The molecule has 0 spiro atoms. The van der Waals surface area contributed by atoms with Crippen LogP contribution in [0.3, 0.4) is 0 Å². The number of rotatable bonds is 5. The molecule has 150 valence electrons. The van der Waals surface area contributed by atoms with Crippen LogP contribution in [0.25, 0.3) is 0 Å². The lowest BCUT2D eigenvalue weighted by molar-refractivity contribution is 0.0469. The van der Waals surface area contributed by atoms with Gasteiger partial charge in [0.2, 0.25) is 5.78 Å². The van der Waals surface area contributed by atoms with Crippen molar-refractivity contribution in [2.75, 3.05) is 18.1 Å². The summed E-state index contributed by atoms with van der Waals surface area (Å²) in [6.45, 7) is 2.87. The zero-order chi connectivity index (χ0) is 20.6. The number of aryl methyl sites for hydroxylation is 1. The number of halogens is 2. The van der Waals surface area contributed by atoms with Gasteiger partial charge in [0.1, 0.15) is 11.6 Å². The highest BCUT2D eigenvalue weighted by Gasteiger charge is 2.31. The molecule has 0 unspecified atom stereocenters. The van der Waals surface area contributed by atoms with Crippen LogP contribution in [0.1, 0.15) is 44.6 Å². The van der Waals surface area contributed by atoms with E-state index >= 15 is 0 Å². The van der Waals surface area contributed by atoms with E-state index in [0.29, 0.717) is 23.7 Å². The molecule has 0 amide bonds. The summed E-state index contributed by atoms with van der Waals surface area (Å²) in [6, 6.07) is 3.81. The standard InChI is InChI=1S/C19H19F2NO5S/c1-11-7-16(12(2)22(11)14-5-6-28(25,26)10-14)18(23)9-27-19(24)15-4-3-13(20)8-17(15)21/h3-4,7-8,14H,5-6,9-10H2,1-2H3/t14-/m0/s1. The van der Waals surface area contributed by atoms with Gasteiger partial charge in [-0.05, 0) is 38.5 Å². The molecule has 0 bridgehead atoms. The topological polar surface area (TPSA) is 82.4 Å². The third kappa shape index (κ3) is 3.99. The van der Waals surface area contributed by atoms with Gasteiger partial charge < -0.3 is 9.30 Å².